The topological polar surface area (TPSA) is 40.5 Å². The van der Waals surface area contributed by atoms with Gasteiger partial charge in [0.25, 0.3) is 0 Å². The van der Waals surface area contributed by atoms with Crippen LogP contribution in [0.4, 0.5) is 4.39 Å². The summed E-state index contributed by atoms with van der Waals surface area (Å²) in [7, 11) is 0. The molecule has 0 radical (unpaired) electrons. The Balaban J connectivity index is 2.23. The van der Waals surface area contributed by atoms with Gasteiger partial charge in [0, 0.05) is 23.2 Å². The molecule has 2 atom stereocenters. The molecule has 0 aromatic heterocycles. The van der Waals surface area contributed by atoms with Crippen molar-refractivity contribution >= 4 is 17.6 Å². The molecule has 1 aliphatic rings. The van der Waals surface area contributed by atoms with Crippen LogP contribution < -0.4 is 0 Å². The van der Waals surface area contributed by atoms with Crippen molar-refractivity contribution < 1.29 is 14.3 Å². The highest BCUT2D eigenvalue weighted by atomic mass is 35.5. The van der Waals surface area contributed by atoms with Crippen LogP contribution in [-0.2, 0) is 11.3 Å². The van der Waals surface area contributed by atoms with Gasteiger partial charge in [0.1, 0.15) is 11.9 Å². The van der Waals surface area contributed by atoms with Crippen LogP contribution in [0.5, 0.6) is 0 Å². The van der Waals surface area contributed by atoms with Crippen molar-refractivity contribution in [2.24, 2.45) is 0 Å². The van der Waals surface area contributed by atoms with Gasteiger partial charge in [0.15, 0.2) is 0 Å². The lowest BCUT2D eigenvalue weighted by molar-refractivity contribution is -0.142. The van der Waals surface area contributed by atoms with E-state index < -0.39 is 12.0 Å². The predicted octanol–water partition coefficient (Wildman–Crippen LogP) is 3.31. The first-order valence-corrected chi connectivity index (χ1v) is 6.83. The number of likely N-dealkylation sites (tertiary alicyclic amines) is 1. The lowest BCUT2D eigenvalue weighted by Gasteiger charge is -2.27. The average Bonchev–Trinajstić information content (AvgIpc) is 2.77. The van der Waals surface area contributed by atoms with E-state index in [0.717, 1.165) is 12.8 Å². The third-order valence-electron chi connectivity index (χ3n) is 3.76. The SMILES string of the molecule is CCC1CCC(C(=O)O)N1Cc1cc(Cl)ccc1F. The van der Waals surface area contributed by atoms with E-state index in [-0.39, 0.29) is 11.9 Å². The second-order valence-corrected chi connectivity index (χ2v) is 5.34. The summed E-state index contributed by atoms with van der Waals surface area (Å²) < 4.78 is 13.7. The summed E-state index contributed by atoms with van der Waals surface area (Å²) >= 11 is 5.87. The average molecular weight is 286 g/mol. The van der Waals surface area contributed by atoms with E-state index >= 15 is 0 Å². The van der Waals surface area contributed by atoms with Gasteiger partial charge in [-0.15, -0.1) is 0 Å². The molecule has 1 fully saturated rings. The number of carboxylic acid groups (broad SMARTS) is 1. The lowest BCUT2D eigenvalue weighted by atomic mass is 10.1. The van der Waals surface area contributed by atoms with E-state index in [2.05, 4.69) is 0 Å². The minimum atomic E-state index is -0.835. The molecule has 2 unspecified atom stereocenters. The maximum absolute atomic E-state index is 13.7. The Labute approximate surface area is 117 Å². The van der Waals surface area contributed by atoms with Crippen molar-refractivity contribution in [3.63, 3.8) is 0 Å². The van der Waals surface area contributed by atoms with E-state index in [4.69, 9.17) is 11.6 Å². The van der Waals surface area contributed by atoms with Crippen LogP contribution in [0.25, 0.3) is 0 Å². The van der Waals surface area contributed by atoms with Gasteiger partial charge in [-0.1, -0.05) is 18.5 Å². The first-order chi connectivity index (χ1) is 9.02. The van der Waals surface area contributed by atoms with Crippen molar-refractivity contribution in [3.05, 3.63) is 34.6 Å². The van der Waals surface area contributed by atoms with Gasteiger partial charge in [-0.05, 0) is 37.5 Å². The van der Waals surface area contributed by atoms with Crippen molar-refractivity contribution in [3.8, 4) is 0 Å². The number of rotatable bonds is 4. The summed E-state index contributed by atoms with van der Waals surface area (Å²) in [6, 6.07) is 4.06. The molecule has 1 saturated heterocycles. The Morgan fingerprint density at radius 3 is 2.89 bits per heavy atom. The standard InChI is InChI=1S/C14H17ClFNO2/c1-2-11-4-6-13(14(18)19)17(11)8-9-7-10(15)3-5-12(9)16/h3,5,7,11,13H,2,4,6,8H2,1H3,(H,18,19). The predicted molar refractivity (Wildman–Crippen MR) is 71.7 cm³/mol. The molecule has 1 aromatic carbocycles. The fraction of sp³-hybridized carbons (Fsp3) is 0.500. The molecular weight excluding hydrogens is 269 g/mol. The van der Waals surface area contributed by atoms with Crippen molar-refractivity contribution in [2.45, 2.75) is 44.8 Å². The highest BCUT2D eigenvalue weighted by Crippen LogP contribution is 2.29. The summed E-state index contributed by atoms with van der Waals surface area (Å²) in [5, 5.41) is 9.71. The van der Waals surface area contributed by atoms with E-state index in [1.165, 1.54) is 12.1 Å². The molecule has 1 N–H and O–H groups in total. The van der Waals surface area contributed by atoms with Crippen LogP contribution in [0.1, 0.15) is 31.7 Å². The Kier molecular flexibility index (Phi) is 4.42. The summed E-state index contributed by atoms with van der Waals surface area (Å²) in [5.74, 6) is -1.17. The number of carbonyl (C=O) groups is 1. The summed E-state index contributed by atoms with van der Waals surface area (Å²) in [6.07, 6.45) is 2.33. The van der Waals surface area contributed by atoms with E-state index in [1.807, 2.05) is 11.8 Å². The summed E-state index contributed by atoms with van der Waals surface area (Å²) in [6.45, 7) is 2.32. The van der Waals surface area contributed by atoms with Gasteiger partial charge >= 0.3 is 5.97 Å². The smallest absolute Gasteiger partial charge is 0.320 e. The Bertz CT molecular complexity index is 481. The Hall–Kier alpha value is -1.13. The lowest BCUT2D eigenvalue weighted by Crippen LogP contribution is -2.40. The maximum atomic E-state index is 13.7. The maximum Gasteiger partial charge on any atom is 0.320 e. The highest BCUT2D eigenvalue weighted by Gasteiger charge is 2.37. The molecule has 0 aliphatic carbocycles. The van der Waals surface area contributed by atoms with Crippen molar-refractivity contribution in [2.75, 3.05) is 0 Å². The van der Waals surface area contributed by atoms with Crippen molar-refractivity contribution in [1.29, 1.82) is 0 Å². The van der Waals surface area contributed by atoms with Gasteiger partial charge in [-0.3, -0.25) is 9.69 Å². The zero-order valence-electron chi connectivity index (χ0n) is 10.8. The van der Waals surface area contributed by atoms with Crippen LogP contribution >= 0.6 is 11.6 Å². The number of aliphatic carboxylic acids is 1. The molecule has 0 spiro atoms. The number of benzene rings is 1. The Morgan fingerprint density at radius 1 is 1.53 bits per heavy atom. The molecule has 1 aliphatic heterocycles. The third-order valence-corrected chi connectivity index (χ3v) is 3.99. The minimum absolute atomic E-state index is 0.194. The molecular formula is C14H17ClFNO2. The number of hydrogen-bond acceptors (Lipinski definition) is 2. The first kappa shape index (κ1) is 14.3. The third kappa shape index (κ3) is 3.07. The molecule has 104 valence electrons. The highest BCUT2D eigenvalue weighted by molar-refractivity contribution is 6.30. The van der Waals surface area contributed by atoms with Gasteiger partial charge < -0.3 is 5.11 Å². The second-order valence-electron chi connectivity index (χ2n) is 4.90. The zero-order chi connectivity index (χ0) is 14.0. The summed E-state index contributed by atoms with van der Waals surface area (Å²) in [5.41, 5.74) is 0.458. The summed E-state index contributed by atoms with van der Waals surface area (Å²) in [4.78, 5) is 13.1. The van der Waals surface area contributed by atoms with Crippen LogP contribution in [0.15, 0.2) is 18.2 Å². The van der Waals surface area contributed by atoms with E-state index in [0.29, 0.717) is 23.6 Å². The number of halogens is 2. The van der Waals surface area contributed by atoms with Crippen LogP contribution in [0, 0.1) is 5.82 Å². The van der Waals surface area contributed by atoms with Gasteiger partial charge in [0.2, 0.25) is 0 Å². The van der Waals surface area contributed by atoms with Crippen LogP contribution in [-0.4, -0.2) is 28.1 Å². The van der Waals surface area contributed by atoms with Crippen molar-refractivity contribution in [1.82, 2.24) is 4.90 Å². The van der Waals surface area contributed by atoms with Gasteiger partial charge in [-0.25, -0.2) is 4.39 Å². The molecule has 5 heteroatoms. The largest absolute Gasteiger partial charge is 0.480 e. The molecule has 0 saturated carbocycles. The Morgan fingerprint density at radius 2 is 2.26 bits per heavy atom. The number of hydrogen-bond donors (Lipinski definition) is 1. The van der Waals surface area contributed by atoms with Gasteiger partial charge in [-0.2, -0.15) is 0 Å². The molecule has 1 aromatic rings. The fourth-order valence-electron chi connectivity index (χ4n) is 2.74. The number of carboxylic acids is 1. The fourth-order valence-corrected chi connectivity index (χ4v) is 2.94. The molecule has 3 nitrogen and oxygen atoms in total. The zero-order valence-corrected chi connectivity index (χ0v) is 11.5. The van der Waals surface area contributed by atoms with Gasteiger partial charge in [0.05, 0.1) is 0 Å². The molecule has 2 rings (SSSR count). The van der Waals surface area contributed by atoms with Crippen LogP contribution in [0.2, 0.25) is 5.02 Å². The van der Waals surface area contributed by atoms with Crippen LogP contribution in [0.3, 0.4) is 0 Å². The number of nitrogens with zero attached hydrogens (tertiary/aromatic N) is 1. The molecule has 0 amide bonds. The minimum Gasteiger partial charge on any atom is -0.480 e. The molecule has 0 bridgehead atoms. The normalized spacial score (nSPS) is 23.7. The molecule has 1 heterocycles. The quantitative estimate of drug-likeness (QED) is 0.923. The molecule has 19 heavy (non-hydrogen) atoms. The van der Waals surface area contributed by atoms with E-state index in [1.54, 1.807) is 6.07 Å². The monoisotopic (exact) mass is 285 g/mol. The first-order valence-electron chi connectivity index (χ1n) is 6.45. The van der Waals surface area contributed by atoms with E-state index in [9.17, 15) is 14.3 Å². The second kappa shape index (κ2) is 5.88.